The highest BCUT2D eigenvalue weighted by molar-refractivity contribution is 6.37. The molecule has 0 radical (unpaired) electrons. The van der Waals surface area contributed by atoms with E-state index in [9.17, 15) is 14.9 Å². The fourth-order valence-corrected chi connectivity index (χ4v) is 3.06. The summed E-state index contributed by atoms with van der Waals surface area (Å²) >= 11 is 0. The molecule has 1 aliphatic heterocycles. The van der Waals surface area contributed by atoms with Gasteiger partial charge in [0.05, 0.1) is 16.2 Å². The van der Waals surface area contributed by atoms with Gasteiger partial charge in [0.25, 0.3) is 11.6 Å². The van der Waals surface area contributed by atoms with Crippen LogP contribution in [0.25, 0.3) is 11.3 Å². The van der Waals surface area contributed by atoms with Gasteiger partial charge in [-0.3, -0.25) is 14.9 Å². The molecule has 0 unspecified atom stereocenters. The van der Waals surface area contributed by atoms with E-state index in [-0.39, 0.29) is 11.6 Å². The molecule has 132 valence electrons. The van der Waals surface area contributed by atoms with Crippen LogP contribution >= 0.6 is 0 Å². The van der Waals surface area contributed by atoms with Crippen molar-refractivity contribution in [1.29, 1.82) is 0 Å². The minimum Gasteiger partial charge on any atom is -0.354 e. The third-order valence-electron chi connectivity index (χ3n) is 4.33. The number of fused-ring (bicyclic) bond motifs is 1. The molecular weight excluding hydrogens is 342 g/mol. The minimum atomic E-state index is -0.443. The second-order valence-corrected chi connectivity index (χ2v) is 6.04. The molecule has 4 rings (SSSR count). The summed E-state index contributed by atoms with van der Waals surface area (Å²) in [5.41, 5.74) is 4.27. The van der Waals surface area contributed by atoms with Crippen LogP contribution in [0.4, 0.5) is 17.1 Å². The average molecular weight is 357 g/mol. The molecule has 0 atom stereocenters. The number of benzene rings is 3. The first kappa shape index (κ1) is 16.5. The Morgan fingerprint density at radius 3 is 2.26 bits per heavy atom. The summed E-state index contributed by atoms with van der Waals surface area (Å²) < 4.78 is 0. The van der Waals surface area contributed by atoms with Gasteiger partial charge in [-0.1, -0.05) is 48.5 Å². The van der Waals surface area contributed by atoms with Crippen molar-refractivity contribution >= 4 is 34.2 Å². The Labute approximate surface area is 155 Å². The minimum absolute atomic E-state index is 0.0124. The maximum absolute atomic E-state index is 12.7. The maximum atomic E-state index is 12.7. The summed E-state index contributed by atoms with van der Waals surface area (Å²) in [6.45, 7) is 0. The predicted octanol–water partition coefficient (Wildman–Crippen LogP) is 4.53. The van der Waals surface area contributed by atoms with E-state index in [0.717, 1.165) is 16.8 Å². The zero-order chi connectivity index (χ0) is 18.8. The number of non-ortho nitro benzene ring substituents is 1. The Balaban J connectivity index is 1.84. The molecule has 0 saturated carbocycles. The van der Waals surface area contributed by atoms with Gasteiger partial charge in [-0.2, -0.15) is 0 Å². The molecule has 2 N–H and O–H groups in total. The normalized spacial score (nSPS) is 14.3. The lowest BCUT2D eigenvalue weighted by atomic mass is 10.00. The van der Waals surface area contributed by atoms with Crippen molar-refractivity contribution in [3.05, 3.63) is 100 Å². The molecule has 3 aromatic carbocycles. The molecule has 3 aromatic rings. The van der Waals surface area contributed by atoms with Gasteiger partial charge < -0.3 is 10.6 Å². The first-order valence-electron chi connectivity index (χ1n) is 8.35. The highest BCUT2D eigenvalue weighted by Crippen LogP contribution is 2.37. The fraction of sp³-hybridized carbons (Fsp3) is 0. The van der Waals surface area contributed by atoms with Crippen molar-refractivity contribution in [2.75, 3.05) is 10.6 Å². The zero-order valence-corrected chi connectivity index (χ0v) is 14.2. The molecule has 6 nitrogen and oxygen atoms in total. The smallest absolute Gasteiger partial charge is 0.269 e. The van der Waals surface area contributed by atoms with Gasteiger partial charge in [-0.05, 0) is 23.8 Å². The van der Waals surface area contributed by atoms with Crippen LogP contribution in [0.15, 0.2) is 78.9 Å². The van der Waals surface area contributed by atoms with Gasteiger partial charge in [-0.15, -0.1) is 0 Å². The first-order chi connectivity index (χ1) is 13.1. The molecule has 27 heavy (non-hydrogen) atoms. The van der Waals surface area contributed by atoms with Crippen LogP contribution in [0.3, 0.4) is 0 Å². The van der Waals surface area contributed by atoms with Crippen LogP contribution in [0.5, 0.6) is 0 Å². The fourth-order valence-electron chi connectivity index (χ4n) is 3.06. The van der Waals surface area contributed by atoms with Crippen LogP contribution in [-0.2, 0) is 4.79 Å². The Morgan fingerprint density at radius 2 is 1.56 bits per heavy atom. The second-order valence-electron chi connectivity index (χ2n) is 6.04. The number of carbonyl (C=O) groups excluding carboxylic acids is 1. The highest BCUT2D eigenvalue weighted by atomic mass is 16.6. The number of hydrogen-bond acceptors (Lipinski definition) is 4. The molecule has 1 heterocycles. The van der Waals surface area contributed by atoms with Crippen molar-refractivity contribution < 1.29 is 9.72 Å². The van der Waals surface area contributed by atoms with E-state index < -0.39 is 4.92 Å². The topological polar surface area (TPSA) is 84.3 Å². The molecule has 0 saturated heterocycles. The highest BCUT2D eigenvalue weighted by Gasteiger charge is 2.28. The van der Waals surface area contributed by atoms with Gasteiger partial charge in [0, 0.05) is 29.1 Å². The lowest BCUT2D eigenvalue weighted by Gasteiger charge is -2.14. The lowest BCUT2D eigenvalue weighted by molar-refractivity contribution is -0.384. The number of amides is 1. The van der Waals surface area contributed by atoms with E-state index in [2.05, 4.69) is 10.6 Å². The summed E-state index contributed by atoms with van der Waals surface area (Å²) in [6.07, 6.45) is 0. The summed E-state index contributed by atoms with van der Waals surface area (Å²) in [5.74, 6) is -0.190. The van der Waals surface area contributed by atoms with E-state index in [1.165, 1.54) is 12.1 Å². The molecule has 6 heteroatoms. The van der Waals surface area contributed by atoms with Gasteiger partial charge in [0.1, 0.15) is 0 Å². The van der Waals surface area contributed by atoms with Crippen LogP contribution in [0, 0.1) is 10.1 Å². The van der Waals surface area contributed by atoms with E-state index in [1.807, 2.05) is 54.6 Å². The lowest BCUT2D eigenvalue weighted by Crippen LogP contribution is -2.10. The van der Waals surface area contributed by atoms with E-state index in [0.29, 0.717) is 17.0 Å². The first-order valence-corrected chi connectivity index (χ1v) is 8.35. The largest absolute Gasteiger partial charge is 0.354 e. The van der Waals surface area contributed by atoms with Crippen molar-refractivity contribution in [2.45, 2.75) is 0 Å². The van der Waals surface area contributed by atoms with Gasteiger partial charge in [-0.25, -0.2) is 0 Å². The third kappa shape index (κ3) is 3.16. The second kappa shape index (κ2) is 6.76. The third-order valence-corrected chi connectivity index (χ3v) is 4.33. The van der Waals surface area contributed by atoms with Crippen molar-refractivity contribution in [2.24, 2.45) is 0 Å². The molecule has 1 amide bonds. The summed E-state index contributed by atoms with van der Waals surface area (Å²) in [4.78, 5) is 23.1. The molecule has 1 aliphatic rings. The maximum Gasteiger partial charge on any atom is 0.269 e. The molecule has 0 spiro atoms. The van der Waals surface area contributed by atoms with E-state index in [4.69, 9.17) is 0 Å². The number of nitro benzene ring substituents is 1. The Hall–Kier alpha value is -3.93. The number of nitrogens with one attached hydrogen (secondary N) is 2. The van der Waals surface area contributed by atoms with Gasteiger partial charge in [0.15, 0.2) is 0 Å². The predicted molar refractivity (Wildman–Crippen MR) is 105 cm³/mol. The average Bonchev–Trinajstić information content (AvgIpc) is 3.03. The number of rotatable bonds is 4. The SMILES string of the molecule is O=C1Nc2ccccc2C1=C(Nc1ccc([N+](=O)[O-])cc1)c1ccccc1. The quantitative estimate of drug-likeness (QED) is 0.408. The van der Waals surface area contributed by atoms with E-state index >= 15 is 0 Å². The van der Waals surface area contributed by atoms with Gasteiger partial charge in [0.2, 0.25) is 0 Å². The Morgan fingerprint density at radius 1 is 0.889 bits per heavy atom. The number of anilines is 2. The zero-order valence-electron chi connectivity index (χ0n) is 14.2. The molecule has 0 aliphatic carbocycles. The number of nitrogens with zero attached hydrogens (tertiary/aromatic N) is 1. The number of hydrogen-bond donors (Lipinski definition) is 2. The summed E-state index contributed by atoms with van der Waals surface area (Å²) in [5, 5.41) is 17.0. The van der Waals surface area contributed by atoms with Gasteiger partial charge >= 0.3 is 0 Å². The van der Waals surface area contributed by atoms with Crippen LogP contribution in [0.1, 0.15) is 11.1 Å². The Kier molecular flexibility index (Phi) is 4.14. The number of carbonyl (C=O) groups is 1. The Bertz CT molecular complexity index is 1060. The summed E-state index contributed by atoms with van der Waals surface area (Å²) in [6, 6.07) is 23.1. The molecule has 0 aromatic heterocycles. The van der Waals surface area contributed by atoms with Crippen molar-refractivity contribution in [3.63, 3.8) is 0 Å². The monoisotopic (exact) mass is 357 g/mol. The number of nitro groups is 1. The van der Waals surface area contributed by atoms with Crippen molar-refractivity contribution in [1.82, 2.24) is 0 Å². The standard InChI is InChI=1S/C21H15N3O3/c25-21-19(17-8-4-5-9-18(17)23-21)20(14-6-2-1-3-7-14)22-15-10-12-16(13-11-15)24(26)27/h1-13,22H,(H,23,25). The number of para-hydroxylation sites is 1. The molecule has 0 bridgehead atoms. The summed E-state index contributed by atoms with van der Waals surface area (Å²) in [7, 11) is 0. The molecular formula is C21H15N3O3. The van der Waals surface area contributed by atoms with E-state index in [1.54, 1.807) is 12.1 Å². The van der Waals surface area contributed by atoms with Crippen LogP contribution < -0.4 is 10.6 Å². The van der Waals surface area contributed by atoms with Crippen LogP contribution in [0.2, 0.25) is 0 Å². The molecule has 0 fully saturated rings. The van der Waals surface area contributed by atoms with Crippen molar-refractivity contribution in [3.8, 4) is 0 Å². The van der Waals surface area contributed by atoms with Crippen LogP contribution in [-0.4, -0.2) is 10.8 Å².